The van der Waals surface area contributed by atoms with Crippen molar-refractivity contribution in [3.63, 3.8) is 0 Å². The summed E-state index contributed by atoms with van der Waals surface area (Å²) in [4.78, 5) is 44.6. The summed E-state index contributed by atoms with van der Waals surface area (Å²) in [6.45, 7) is 1.50. The van der Waals surface area contributed by atoms with E-state index in [1.807, 2.05) is 54.6 Å². The third kappa shape index (κ3) is 5.27. The average Bonchev–Trinajstić information content (AvgIpc) is 2.96. The summed E-state index contributed by atoms with van der Waals surface area (Å²) in [7, 11) is 1.63. The minimum Gasteiger partial charge on any atom is -0.344 e. The topological polar surface area (TPSA) is 90.9 Å². The SMILES string of the molecule is C[C@H](NC(=O)Cc1ccccc1F)C(=O)N[C@H]1N=C(c2ccccc2)c2ccccc2N(C)C1=O. The van der Waals surface area contributed by atoms with E-state index in [4.69, 9.17) is 0 Å². The number of halogens is 1. The molecule has 2 N–H and O–H groups in total. The molecule has 1 heterocycles. The van der Waals surface area contributed by atoms with E-state index >= 15 is 0 Å². The first-order valence-electron chi connectivity index (χ1n) is 11.2. The van der Waals surface area contributed by atoms with Gasteiger partial charge in [0, 0.05) is 18.2 Å². The summed E-state index contributed by atoms with van der Waals surface area (Å²) in [6, 6.07) is 21.8. The zero-order valence-corrected chi connectivity index (χ0v) is 19.4. The number of fused-ring (bicyclic) bond motifs is 1. The molecule has 3 aromatic carbocycles. The Labute approximate surface area is 202 Å². The number of aliphatic imine (C=N–C) groups is 1. The van der Waals surface area contributed by atoms with Crippen molar-refractivity contribution in [3.8, 4) is 0 Å². The van der Waals surface area contributed by atoms with Gasteiger partial charge in [0.2, 0.25) is 18.0 Å². The van der Waals surface area contributed by atoms with Gasteiger partial charge in [-0.1, -0.05) is 66.7 Å². The van der Waals surface area contributed by atoms with Crippen molar-refractivity contribution in [1.29, 1.82) is 0 Å². The molecule has 7 nitrogen and oxygen atoms in total. The molecule has 178 valence electrons. The van der Waals surface area contributed by atoms with Gasteiger partial charge in [-0.05, 0) is 24.6 Å². The van der Waals surface area contributed by atoms with Gasteiger partial charge in [0.25, 0.3) is 5.91 Å². The second kappa shape index (κ2) is 10.3. The molecule has 0 spiro atoms. The molecule has 0 fully saturated rings. The smallest absolute Gasteiger partial charge is 0.272 e. The van der Waals surface area contributed by atoms with Crippen LogP contribution in [0.3, 0.4) is 0 Å². The highest BCUT2D eigenvalue weighted by Crippen LogP contribution is 2.27. The number of para-hydroxylation sites is 1. The highest BCUT2D eigenvalue weighted by molar-refractivity contribution is 6.20. The lowest BCUT2D eigenvalue weighted by molar-refractivity contribution is -0.130. The molecular formula is C27H25FN4O3. The summed E-state index contributed by atoms with van der Waals surface area (Å²) in [5.41, 5.74) is 3.03. The fraction of sp³-hybridized carbons (Fsp3) is 0.185. The number of carbonyl (C=O) groups excluding carboxylic acids is 3. The first kappa shape index (κ1) is 23.8. The maximum Gasteiger partial charge on any atom is 0.272 e. The Balaban J connectivity index is 1.54. The van der Waals surface area contributed by atoms with E-state index < -0.39 is 35.7 Å². The predicted octanol–water partition coefficient (Wildman–Crippen LogP) is 2.83. The zero-order valence-electron chi connectivity index (χ0n) is 19.4. The van der Waals surface area contributed by atoms with E-state index in [2.05, 4.69) is 15.6 Å². The van der Waals surface area contributed by atoms with Crippen LogP contribution in [0.1, 0.15) is 23.6 Å². The van der Waals surface area contributed by atoms with E-state index in [1.165, 1.54) is 30.0 Å². The van der Waals surface area contributed by atoms with E-state index in [9.17, 15) is 18.8 Å². The number of nitrogens with zero attached hydrogens (tertiary/aromatic N) is 2. The quantitative estimate of drug-likeness (QED) is 0.578. The lowest BCUT2D eigenvalue weighted by Gasteiger charge is -2.22. The summed E-state index contributed by atoms with van der Waals surface area (Å²) in [5.74, 6) is -2.00. The fourth-order valence-electron chi connectivity index (χ4n) is 3.87. The second-order valence-electron chi connectivity index (χ2n) is 8.23. The van der Waals surface area contributed by atoms with Crippen LogP contribution in [0.4, 0.5) is 10.1 Å². The van der Waals surface area contributed by atoms with Gasteiger partial charge in [-0.25, -0.2) is 9.38 Å². The number of hydrogen-bond donors (Lipinski definition) is 2. The molecule has 1 aliphatic heterocycles. The monoisotopic (exact) mass is 472 g/mol. The first-order valence-corrected chi connectivity index (χ1v) is 11.2. The molecule has 8 heteroatoms. The van der Waals surface area contributed by atoms with E-state index in [-0.39, 0.29) is 12.0 Å². The van der Waals surface area contributed by atoms with Crippen LogP contribution in [-0.2, 0) is 20.8 Å². The molecule has 0 aromatic heterocycles. The zero-order chi connectivity index (χ0) is 24.9. The number of nitrogens with one attached hydrogen (secondary N) is 2. The van der Waals surface area contributed by atoms with Gasteiger partial charge in [-0.15, -0.1) is 0 Å². The number of anilines is 1. The minimum atomic E-state index is -1.19. The first-order chi connectivity index (χ1) is 16.8. The molecule has 0 aliphatic carbocycles. The molecule has 0 bridgehead atoms. The molecule has 0 unspecified atom stereocenters. The van der Waals surface area contributed by atoms with Crippen molar-refractivity contribution in [3.05, 3.63) is 101 Å². The summed E-state index contributed by atoms with van der Waals surface area (Å²) in [6.07, 6.45) is -1.40. The van der Waals surface area contributed by atoms with E-state index in [0.29, 0.717) is 11.4 Å². The van der Waals surface area contributed by atoms with E-state index in [1.54, 1.807) is 13.1 Å². The van der Waals surface area contributed by atoms with Gasteiger partial charge in [-0.3, -0.25) is 14.4 Å². The second-order valence-corrected chi connectivity index (χ2v) is 8.23. The molecule has 0 radical (unpaired) electrons. The predicted molar refractivity (Wildman–Crippen MR) is 132 cm³/mol. The third-order valence-corrected chi connectivity index (χ3v) is 5.75. The van der Waals surface area contributed by atoms with Gasteiger partial charge in [0.15, 0.2) is 0 Å². The normalized spacial score (nSPS) is 16.0. The van der Waals surface area contributed by atoms with Crippen molar-refractivity contribution in [1.82, 2.24) is 10.6 Å². The average molecular weight is 473 g/mol. The van der Waals surface area contributed by atoms with Gasteiger partial charge < -0.3 is 15.5 Å². The molecule has 3 aromatic rings. The van der Waals surface area contributed by atoms with Crippen LogP contribution < -0.4 is 15.5 Å². The highest BCUT2D eigenvalue weighted by atomic mass is 19.1. The Kier molecular flexibility index (Phi) is 7.01. The molecule has 0 saturated heterocycles. The van der Waals surface area contributed by atoms with E-state index in [0.717, 1.165) is 11.1 Å². The maximum atomic E-state index is 13.8. The van der Waals surface area contributed by atoms with Crippen molar-refractivity contribution >= 4 is 29.1 Å². The number of benzene rings is 3. The lowest BCUT2D eigenvalue weighted by Crippen LogP contribution is -2.52. The molecule has 35 heavy (non-hydrogen) atoms. The highest BCUT2D eigenvalue weighted by Gasteiger charge is 2.32. The summed E-state index contributed by atoms with van der Waals surface area (Å²) >= 11 is 0. The van der Waals surface area contributed by atoms with Crippen LogP contribution in [0.5, 0.6) is 0 Å². The van der Waals surface area contributed by atoms with Crippen LogP contribution in [0.25, 0.3) is 0 Å². The van der Waals surface area contributed by atoms with Crippen LogP contribution in [0.2, 0.25) is 0 Å². The molecule has 4 rings (SSSR count). The third-order valence-electron chi connectivity index (χ3n) is 5.75. The number of benzodiazepines with no additional fused rings is 1. The molecule has 3 amide bonds. The van der Waals surface area contributed by atoms with Crippen LogP contribution in [-0.4, -0.2) is 42.7 Å². The van der Waals surface area contributed by atoms with Crippen molar-refractivity contribution in [2.75, 3.05) is 11.9 Å². The minimum absolute atomic E-state index is 0.207. The maximum absolute atomic E-state index is 13.8. The molecule has 1 aliphatic rings. The van der Waals surface area contributed by atoms with Crippen LogP contribution in [0, 0.1) is 5.82 Å². The number of amides is 3. The number of likely N-dealkylation sites (N-methyl/N-ethyl adjacent to an activating group) is 1. The molecule has 0 saturated carbocycles. The van der Waals surface area contributed by atoms with Gasteiger partial charge in [0.1, 0.15) is 11.9 Å². The Morgan fingerprint density at radius 3 is 2.40 bits per heavy atom. The Morgan fingerprint density at radius 1 is 1.00 bits per heavy atom. The molecule has 2 atom stereocenters. The lowest BCUT2D eigenvalue weighted by atomic mass is 10.0. The Hall–Kier alpha value is -4.33. The molecular weight excluding hydrogens is 447 g/mol. The standard InChI is InChI=1S/C27H25FN4O3/c1-17(29-23(33)16-19-12-6-8-14-21(19)28)26(34)31-25-27(35)32(2)22-15-9-7-13-20(22)24(30-25)18-10-4-3-5-11-18/h3-15,17,25H,16H2,1-2H3,(H,29,33)(H,31,34)/t17-,25+/m0/s1. The summed E-state index contributed by atoms with van der Waals surface area (Å²) < 4.78 is 13.8. The Morgan fingerprint density at radius 2 is 1.66 bits per heavy atom. The van der Waals surface area contributed by atoms with Crippen molar-refractivity contribution < 1.29 is 18.8 Å². The van der Waals surface area contributed by atoms with Crippen LogP contribution >= 0.6 is 0 Å². The number of hydrogen-bond acceptors (Lipinski definition) is 4. The largest absolute Gasteiger partial charge is 0.344 e. The van der Waals surface area contributed by atoms with Gasteiger partial charge >= 0.3 is 0 Å². The summed E-state index contributed by atoms with van der Waals surface area (Å²) in [5, 5.41) is 5.20. The van der Waals surface area contributed by atoms with Crippen LogP contribution in [0.15, 0.2) is 83.9 Å². The number of rotatable bonds is 6. The van der Waals surface area contributed by atoms with Crippen molar-refractivity contribution in [2.45, 2.75) is 25.6 Å². The Bertz CT molecular complexity index is 1290. The van der Waals surface area contributed by atoms with Gasteiger partial charge in [-0.2, -0.15) is 0 Å². The number of carbonyl (C=O) groups is 3. The fourth-order valence-corrected chi connectivity index (χ4v) is 3.87. The van der Waals surface area contributed by atoms with Gasteiger partial charge in [0.05, 0.1) is 17.8 Å². The van der Waals surface area contributed by atoms with Crippen molar-refractivity contribution in [2.24, 2.45) is 4.99 Å².